The van der Waals surface area contributed by atoms with Crippen molar-refractivity contribution in [1.82, 2.24) is 40.2 Å². The molecule has 0 aliphatic heterocycles. The Morgan fingerprint density at radius 2 is 1.32 bits per heavy atom. The molecule has 1 atom stereocenters. The zero-order valence-electron chi connectivity index (χ0n) is 28.8. The molecule has 294 valence electrons. The van der Waals surface area contributed by atoms with Gasteiger partial charge in [0.05, 0.1) is 12.0 Å². The van der Waals surface area contributed by atoms with Crippen molar-refractivity contribution in [3.05, 3.63) is 96.9 Å². The summed E-state index contributed by atoms with van der Waals surface area (Å²) in [6.45, 7) is 0. The van der Waals surface area contributed by atoms with Crippen LogP contribution in [0.15, 0.2) is 69.0 Å². The number of carbonyl (C=O) groups is 4. The minimum atomic E-state index is -1.48. The Labute approximate surface area is 312 Å². The number of nitrogens with one attached hydrogen (secondary N) is 5. The van der Waals surface area contributed by atoms with Crippen LogP contribution >= 0.6 is 0 Å². The molecular formula is C31H35N15O10. The molecule has 0 saturated heterocycles. The van der Waals surface area contributed by atoms with Crippen LogP contribution in [0.2, 0.25) is 0 Å². The third kappa shape index (κ3) is 13.6. The summed E-state index contributed by atoms with van der Waals surface area (Å²) < 4.78 is 5.72. The first-order valence-corrected chi connectivity index (χ1v) is 15.6. The Bertz CT molecular complexity index is 2280. The van der Waals surface area contributed by atoms with Gasteiger partial charge in [-0.1, -0.05) is 18.2 Å². The van der Waals surface area contributed by atoms with E-state index >= 15 is 0 Å². The Morgan fingerprint density at radius 3 is 1.82 bits per heavy atom. The summed E-state index contributed by atoms with van der Waals surface area (Å²) in [5.74, 6) is -4.22. The van der Waals surface area contributed by atoms with E-state index in [0.717, 1.165) is 12.1 Å². The largest absolute Gasteiger partial charge is 0.481 e. The molecule has 1 aromatic carbocycles. The molecule has 4 heterocycles. The van der Waals surface area contributed by atoms with Crippen molar-refractivity contribution in [3.8, 4) is 11.6 Å². The van der Waals surface area contributed by atoms with Crippen LogP contribution in [0, 0.1) is 0 Å². The van der Waals surface area contributed by atoms with E-state index in [1.807, 2.05) is 0 Å². The molecule has 25 nitrogen and oxygen atoms in total. The van der Waals surface area contributed by atoms with Gasteiger partial charge < -0.3 is 60.0 Å². The van der Waals surface area contributed by atoms with Crippen molar-refractivity contribution < 1.29 is 34.1 Å². The maximum Gasteiger partial charge on any atom is 0.326 e. The number of para-hydroxylation sites is 1. The maximum absolute atomic E-state index is 12.7. The second kappa shape index (κ2) is 19.4. The zero-order chi connectivity index (χ0) is 41.5. The summed E-state index contributed by atoms with van der Waals surface area (Å²) >= 11 is 0. The summed E-state index contributed by atoms with van der Waals surface area (Å²) in [6, 6.07) is 11.6. The van der Waals surface area contributed by atoms with E-state index in [1.54, 1.807) is 30.3 Å². The van der Waals surface area contributed by atoms with Gasteiger partial charge >= 0.3 is 11.9 Å². The first-order valence-electron chi connectivity index (χ1n) is 15.6. The van der Waals surface area contributed by atoms with E-state index < -0.39 is 48.2 Å². The number of hydrogen-bond donors (Lipinski definition) is 13. The fraction of sp³-hybridized carbons (Fsp3) is 0.129. The number of aromatic amines is 3. The third-order valence-corrected chi connectivity index (χ3v) is 6.54. The summed E-state index contributed by atoms with van der Waals surface area (Å²) in [7, 11) is 0. The average Bonchev–Trinajstić information content (AvgIpc) is 3.08. The third-order valence-electron chi connectivity index (χ3n) is 6.54. The second-order valence-electron chi connectivity index (χ2n) is 10.9. The molecule has 5 aromatic rings. The van der Waals surface area contributed by atoms with Gasteiger partial charge in [-0.2, -0.15) is 15.0 Å². The van der Waals surface area contributed by atoms with Gasteiger partial charge in [0.1, 0.15) is 40.6 Å². The molecule has 0 radical (unpaired) electrons. The zero-order valence-corrected chi connectivity index (χ0v) is 28.8. The number of amides is 2. The van der Waals surface area contributed by atoms with Crippen LogP contribution < -0.4 is 66.5 Å². The van der Waals surface area contributed by atoms with Gasteiger partial charge in [-0.25, -0.2) is 9.78 Å². The number of nitrogens with two attached hydrogens (primary N) is 6. The number of carbonyl (C=O) groups excluding carboxylic acids is 2. The average molecular weight is 778 g/mol. The van der Waals surface area contributed by atoms with Crippen LogP contribution in [-0.4, -0.2) is 74.9 Å². The van der Waals surface area contributed by atoms with E-state index in [1.165, 1.54) is 12.1 Å². The number of ether oxygens (including phenoxy) is 1. The fourth-order valence-electron chi connectivity index (χ4n) is 4.15. The molecule has 56 heavy (non-hydrogen) atoms. The smallest absolute Gasteiger partial charge is 0.326 e. The number of H-pyrrole nitrogens is 3. The number of anilines is 7. The maximum atomic E-state index is 12.7. The molecule has 0 spiro atoms. The number of aliphatic carboxylic acids is 2. The van der Waals surface area contributed by atoms with Crippen LogP contribution in [0.4, 0.5) is 41.0 Å². The molecule has 2 amide bonds. The van der Waals surface area contributed by atoms with Crippen molar-refractivity contribution in [2.75, 3.05) is 39.7 Å². The van der Waals surface area contributed by atoms with Crippen LogP contribution in [0.3, 0.4) is 0 Å². The fourth-order valence-corrected chi connectivity index (χ4v) is 4.15. The monoisotopic (exact) mass is 777 g/mol. The molecule has 25 heteroatoms. The van der Waals surface area contributed by atoms with Gasteiger partial charge in [-0.05, 0) is 30.7 Å². The van der Waals surface area contributed by atoms with Crippen molar-refractivity contribution in [2.24, 2.45) is 0 Å². The minimum Gasteiger partial charge on any atom is -0.481 e. The number of nitrogens with zero attached hydrogens (tertiary/aromatic N) is 4. The highest BCUT2D eigenvalue weighted by atomic mass is 16.5. The lowest BCUT2D eigenvalue weighted by Gasteiger charge is -2.15. The van der Waals surface area contributed by atoms with E-state index in [-0.39, 0.29) is 75.7 Å². The van der Waals surface area contributed by atoms with Crippen LogP contribution in [-0.2, 0) is 20.8 Å². The Hall–Kier alpha value is -8.51. The number of aromatic nitrogens is 7. The topological polar surface area (TPSA) is 448 Å². The summed E-state index contributed by atoms with van der Waals surface area (Å²) in [6.07, 6.45) is -1.29. The van der Waals surface area contributed by atoms with Gasteiger partial charge in [-0.3, -0.25) is 43.7 Å². The first kappa shape index (κ1) is 41.9. The number of rotatable bonds is 11. The van der Waals surface area contributed by atoms with Gasteiger partial charge in [0.25, 0.3) is 22.6 Å². The minimum absolute atomic E-state index is 0.0227. The highest BCUT2D eigenvalue weighted by molar-refractivity contribution is 5.97. The molecule has 0 fully saturated rings. The number of carboxylic acid groups (broad SMARTS) is 2. The number of hydrogen-bond acceptors (Lipinski definition) is 18. The predicted molar refractivity (Wildman–Crippen MR) is 200 cm³/mol. The molecule has 5 rings (SSSR count). The Kier molecular flexibility index (Phi) is 14.5. The van der Waals surface area contributed by atoms with Crippen molar-refractivity contribution in [1.29, 1.82) is 0 Å². The first-order chi connectivity index (χ1) is 26.4. The number of pyridine rings is 1. The second-order valence-corrected chi connectivity index (χ2v) is 10.9. The van der Waals surface area contributed by atoms with Gasteiger partial charge in [0.15, 0.2) is 0 Å². The SMILES string of the molecule is Nc1cc(=O)[nH]c(N)n1.Nc1cc(=O)[nH]c(N)n1.Nc1nc(N)c(CC(=O)Nc2ccc(C(=O)N[C@@H](CCC(=O)O)C(=O)O)nc2Oc2ccccc2)c(=O)[nH]1. The lowest BCUT2D eigenvalue weighted by molar-refractivity contribution is -0.140. The number of benzene rings is 1. The van der Waals surface area contributed by atoms with Gasteiger partial charge in [0, 0.05) is 18.6 Å². The highest BCUT2D eigenvalue weighted by Crippen LogP contribution is 2.28. The van der Waals surface area contributed by atoms with Crippen LogP contribution in [0.25, 0.3) is 0 Å². The summed E-state index contributed by atoms with van der Waals surface area (Å²) in [5.41, 5.74) is 29.9. The lowest BCUT2D eigenvalue weighted by Crippen LogP contribution is -2.41. The molecule has 19 N–H and O–H groups in total. The van der Waals surface area contributed by atoms with Crippen molar-refractivity contribution in [3.63, 3.8) is 0 Å². The van der Waals surface area contributed by atoms with Gasteiger partial charge in [0.2, 0.25) is 29.6 Å². The van der Waals surface area contributed by atoms with E-state index in [9.17, 15) is 38.7 Å². The van der Waals surface area contributed by atoms with Gasteiger partial charge in [-0.15, -0.1) is 0 Å². The van der Waals surface area contributed by atoms with E-state index in [0.29, 0.717) is 5.75 Å². The Balaban J connectivity index is 0.000000378. The van der Waals surface area contributed by atoms with Crippen LogP contribution in [0.1, 0.15) is 28.9 Å². The number of nitrogen functional groups attached to an aromatic ring is 6. The van der Waals surface area contributed by atoms with E-state index in [4.69, 9.17) is 44.2 Å². The predicted octanol–water partition coefficient (Wildman–Crippen LogP) is -1.78. The molecular weight excluding hydrogens is 742 g/mol. The van der Waals surface area contributed by atoms with Crippen molar-refractivity contribution >= 4 is 64.7 Å². The van der Waals surface area contributed by atoms with Crippen molar-refractivity contribution in [2.45, 2.75) is 25.3 Å². The summed E-state index contributed by atoms with van der Waals surface area (Å²) in [4.78, 5) is 102. The molecule has 0 aliphatic rings. The highest BCUT2D eigenvalue weighted by Gasteiger charge is 2.24. The molecule has 0 unspecified atom stereocenters. The Morgan fingerprint density at radius 1 is 0.750 bits per heavy atom. The normalized spacial score (nSPS) is 10.6. The molecule has 0 bridgehead atoms. The standard InChI is InChI=1S/C23H23N7O8.2C4H6N4O/c24-18-12(19(34)30-23(25)29-18)10-16(31)26-14-7-6-13(28-21(14)38-11-4-2-1-3-5-11)20(35)27-15(22(36)37)8-9-17(32)33;2*5-2-1-3(9)8-4(6)7-2/h1-7,15H,8-10H2,(H,26,31)(H,27,35)(H,32,33)(H,36,37)(H5,24,25,29,30,34);2*1H,(H5,5,6,7,8,9)/t15-;;/m0../s1. The summed E-state index contributed by atoms with van der Waals surface area (Å²) in [5, 5.41) is 22.8. The molecule has 4 aromatic heterocycles. The van der Waals surface area contributed by atoms with E-state index in [2.05, 4.69) is 45.5 Å². The van der Waals surface area contributed by atoms with Crippen LogP contribution in [0.5, 0.6) is 11.6 Å². The molecule has 0 saturated carbocycles. The number of carboxylic acids is 2. The molecule has 0 aliphatic carbocycles. The quantitative estimate of drug-likeness (QED) is 0.0704. The lowest BCUT2D eigenvalue weighted by atomic mass is 10.1.